The van der Waals surface area contributed by atoms with Crippen LogP contribution < -0.4 is 10.6 Å². The van der Waals surface area contributed by atoms with E-state index in [-0.39, 0.29) is 23.1 Å². The molecule has 2 atom stereocenters. The Balaban J connectivity index is 1.96. The highest BCUT2D eigenvalue weighted by Crippen LogP contribution is 2.25. The van der Waals surface area contributed by atoms with E-state index < -0.39 is 46.9 Å². The number of nitrogens with zero attached hydrogens (tertiary/aromatic N) is 2. The first kappa shape index (κ1) is 24.8. The van der Waals surface area contributed by atoms with Gasteiger partial charge in [0, 0.05) is 5.39 Å². The largest absolute Gasteiger partial charge is 0.480 e. The molecule has 0 aliphatic carbocycles. The molecule has 3 rings (SSSR count). The van der Waals surface area contributed by atoms with Gasteiger partial charge >= 0.3 is 5.97 Å². The van der Waals surface area contributed by atoms with Crippen molar-refractivity contribution in [3.8, 4) is 0 Å². The predicted molar refractivity (Wildman–Crippen MR) is 121 cm³/mol. The normalized spacial score (nSPS) is 13.4. The Labute approximate surface area is 195 Å². The molecule has 2 unspecified atom stereocenters. The Hall–Kier alpha value is -3.82. The number of benzene rings is 2. The van der Waals surface area contributed by atoms with Crippen LogP contribution in [-0.4, -0.2) is 44.8 Å². The summed E-state index contributed by atoms with van der Waals surface area (Å²) in [5, 5.41) is 18.6. The fourth-order valence-corrected chi connectivity index (χ4v) is 3.47. The molecule has 8 nitrogen and oxygen atoms in total. The molecule has 0 radical (unpaired) electrons. The van der Waals surface area contributed by atoms with Gasteiger partial charge in [-0.15, -0.1) is 0 Å². The maximum atomic E-state index is 14.7. The van der Waals surface area contributed by atoms with Crippen LogP contribution in [0.5, 0.6) is 0 Å². The molecule has 0 aliphatic rings. The second-order valence-electron chi connectivity index (χ2n) is 9.11. The highest BCUT2D eigenvalue weighted by atomic mass is 19.1. The highest BCUT2D eigenvalue weighted by Gasteiger charge is 2.35. The Morgan fingerprint density at radius 1 is 1.06 bits per heavy atom. The summed E-state index contributed by atoms with van der Waals surface area (Å²) in [4.78, 5) is 37.1. The molecule has 3 aromatic rings. The standard InChI is InChI=1S/C24H26F2N4O4/c1-13(23(33)34)27-22(32)20(24(2,3)4)28-21(31)18-16-6-5-7-17(26)19(16)30(29-18)12-14-8-10-15(25)11-9-14/h5-11,13,20H,12H2,1-4H3,(H,27,32)(H,28,31)(H,33,34). The van der Waals surface area contributed by atoms with Crippen molar-refractivity contribution in [2.75, 3.05) is 0 Å². The first-order valence-electron chi connectivity index (χ1n) is 10.6. The fourth-order valence-electron chi connectivity index (χ4n) is 3.47. The lowest BCUT2D eigenvalue weighted by atomic mass is 9.85. The van der Waals surface area contributed by atoms with Crippen LogP contribution in [0.4, 0.5) is 8.78 Å². The summed E-state index contributed by atoms with van der Waals surface area (Å²) >= 11 is 0. The van der Waals surface area contributed by atoms with Crippen molar-refractivity contribution < 1.29 is 28.3 Å². The zero-order valence-corrected chi connectivity index (χ0v) is 19.2. The molecule has 0 aliphatic heterocycles. The number of fused-ring (bicyclic) bond motifs is 1. The van der Waals surface area contributed by atoms with Crippen LogP contribution in [0.25, 0.3) is 10.9 Å². The van der Waals surface area contributed by atoms with Crippen LogP contribution in [0.3, 0.4) is 0 Å². The molecule has 0 saturated heterocycles. The fraction of sp³-hybridized carbons (Fsp3) is 0.333. The molecular weight excluding hydrogens is 446 g/mol. The van der Waals surface area contributed by atoms with Crippen molar-refractivity contribution >= 4 is 28.7 Å². The minimum atomic E-state index is -1.21. The average Bonchev–Trinajstić information content (AvgIpc) is 3.12. The summed E-state index contributed by atoms with van der Waals surface area (Å²) < 4.78 is 29.3. The topological polar surface area (TPSA) is 113 Å². The quantitative estimate of drug-likeness (QED) is 0.489. The van der Waals surface area contributed by atoms with Crippen LogP contribution >= 0.6 is 0 Å². The Bertz CT molecular complexity index is 1230. The predicted octanol–water partition coefficient (Wildman–Crippen LogP) is 3.10. The molecule has 1 aromatic heterocycles. The van der Waals surface area contributed by atoms with E-state index >= 15 is 0 Å². The Morgan fingerprint density at radius 2 is 1.71 bits per heavy atom. The zero-order chi connectivity index (χ0) is 25.2. The van der Waals surface area contributed by atoms with E-state index in [4.69, 9.17) is 5.11 Å². The van der Waals surface area contributed by atoms with Gasteiger partial charge in [0.05, 0.1) is 6.54 Å². The van der Waals surface area contributed by atoms with Gasteiger partial charge in [-0.3, -0.25) is 19.1 Å². The number of carboxylic acid groups (broad SMARTS) is 1. The summed E-state index contributed by atoms with van der Waals surface area (Å²) in [5.41, 5.74) is -0.121. The zero-order valence-electron chi connectivity index (χ0n) is 19.2. The summed E-state index contributed by atoms with van der Waals surface area (Å²) in [6.07, 6.45) is 0. The lowest BCUT2D eigenvalue weighted by Crippen LogP contribution is -2.56. The number of aliphatic carboxylic acids is 1. The van der Waals surface area contributed by atoms with Crippen LogP contribution in [0.15, 0.2) is 42.5 Å². The summed E-state index contributed by atoms with van der Waals surface area (Å²) in [7, 11) is 0. The monoisotopic (exact) mass is 472 g/mol. The molecular formula is C24H26F2N4O4. The number of carbonyl (C=O) groups excluding carboxylic acids is 2. The number of para-hydroxylation sites is 1. The summed E-state index contributed by atoms with van der Waals surface area (Å²) in [5.74, 6) is -3.60. The van der Waals surface area contributed by atoms with Gasteiger partial charge in [0.2, 0.25) is 5.91 Å². The van der Waals surface area contributed by atoms with Crippen molar-refractivity contribution in [3.05, 3.63) is 65.4 Å². The molecule has 0 saturated carbocycles. The van der Waals surface area contributed by atoms with Gasteiger partial charge in [-0.25, -0.2) is 8.78 Å². The second kappa shape index (κ2) is 9.58. The van der Waals surface area contributed by atoms with Crippen LogP contribution in [0.1, 0.15) is 43.7 Å². The number of nitrogens with one attached hydrogen (secondary N) is 2. The molecule has 1 heterocycles. The minimum Gasteiger partial charge on any atom is -0.480 e. The van der Waals surface area contributed by atoms with Gasteiger partial charge in [-0.2, -0.15) is 5.10 Å². The number of carbonyl (C=O) groups is 3. The molecule has 10 heteroatoms. The van der Waals surface area contributed by atoms with E-state index in [0.29, 0.717) is 5.56 Å². The van der Waals surface area contributed by atoms with E-state index in [1.54, 1.807) is 26.8 Å². The van der Waals surface area contributed by atoms with Crippen molar-refractivity contribution in [1.82, 2.24) is 20.4 Å². The van der Waals surface area contributed by atoms with Crippen molar-refractivity contribution in [2.24, 2.45) is 5.41 Å². The maximum absolute atomic E-state index is 14.7. The first-order chi connectivity index (χ1) is 15.9. The number of hydrogen-bond donors (Lipinski definition) is 3. The van der Waals surface area contributed by atoms with Crippen LogP contribution in [-0.2, 0) is 16.1 Å². The third-order valence-corrected chi connectivity index (χ3v) is 5.31. The molecule has 3 N–H and O–H groups in total. The molecule has 34 heavy (non-hydrogen) atoms. The number of aromatic nitrogens is 2. The minimum absolute atomic E-state index is 0.0876. The van der Waals surface area contributed by atoms with E-state index in [2.05, 4.69) is 15.7 Å². The molecule has 2 aromatic carbocycles. The number of halogens is 2. The summed E-state index contributed by atoms with van der Waals surface area (Å²) in [6, 6.07) is 7.60. The SMILES string of the molecule is CC(NC(=O)C(NC(=O)c1nn(Cc2ccc(F)cc2)c2c(F)cccc12)C(C)(C)C)C(=O)O. The van der Waals surface area contributed by atoms with Crippen LogP contribution in [0.2, 0.25) is 0 Å². The van der Waals surface area contributed by atoms with Gasteiger partial charge in [-0.1, -0.05) is 45.0 Å². The second-order valence-corrected chi connectivity index (χ2v) is 9.11. The number of rotatable bonds is 7. The van der Waals surface area contributed by atoms with E-state index in [1.165, 1.54) is 48.0 Å². The molecule has 2 amide bonds. The average molecular weight is 472 g/mol. The Morgan fingerprint density at radius 3 is 2.29 bits per heavy atom. The third-order valence-electron chi connectivity index (χ3n) is 5.31. The third kappa shape index (κ3) is 5.38. The van der Waals surface area contributed by atoms with E-state index in [1.807, 2.05) is 0 Å². The van der Waals surface area contributed by atoms with Crippen LogP contribution in [0, 0.1) is 17.0 Å². The maximum Gasteiger partial charge on any atom is 0.325 e. The molecule has 0 fully saturated rings. The van der Waals surface area contributed by atoms with Crippen molar-refractivity contribution in [1.29, 1.82) is 0 Å². The molecule has 0 bridgehead atoms. The Kier molecular flexibility index (Phi) is 6.99. The van der Waals surface area contributed by atoms with Gasteiger partial charge in [0.1, 0.15) is 29.2 Å². The smallest absolute Gasteiger partial charge is 0.325 e. The highest BCUT2D eigenvalue weighted by molar-refractivity contribution is 6.06. The van der Waals surface area contributed by atoms with E-state index in [0.717, 1.165) is 0 Å². The van der Waals surface area contributed by atoms with Gasteiger partial charge < -0.3 is 15.7 Å². The molecule has 0 spiro atoms. The van der Waals surface area contributed by atoms with Gasteiger partial charge in [-0.05, 0) is 36.1 Å². The van der Waals surface area contributed by atoms with E-state index in [9.17, 15) is 23.2 Å². The molecule has 180 valence electrons. The van der Waals surface area contributed by atoms with Gasteiger partial charge in [0.25, 0.3) is 5.91 Å². The number of carboxylic acids is 1. The summed E-state index contributed by atoms with van der Waals surface area (Å²) in [6.45, 7) is 6.55. The van der Waals surface area contributed by atoms with Crippen molar-refractivity contribution in [3.63, 3.8) is 0 Å². The lowest BCUT2D eigenvalue weighted by Gasteiger charge is -2.30. The van der Waals surface area contributed by atoms with Gasteiger partial charge in [0.15, 0.2) is 5.69 Å². The number of hydrogen-bond acceptors (Lipinski definition) is 4. The van der Waals surface area contributed by atoms with Crippen molar-refractivity contribution in [2.45, 2.75) is 46.3 Å². The number of amides is 2. The first-order valence-corrected chi connectivity index (χ1v) is 10.6. The lowest BCUT2D eigenvalue weighted by molar-refractivity contribution is -0.142.